The van der Waals surface area contributed by atoms with E-state index in [0.717, 1.165) is 30.5 Å². The van der Waals surface area contributed by atoms with Gasteiger partial charge in [0.15, 0.2) is 0 Å². The molecule has 0 radical (unpaired) electrons. The van der Waals surface area contributed by atoms with Gasteiger partial charge in [0.25, 0.3) is 5.91 Å². The Kier molecular flexibility index (Phi) is 3.09. The Morgan fingerprint density at radius 1 is 1.80 bits per heavy atom. The van der Waals surface area contributed by atoms with Crippen LogP contribution in [0.15, 0.2) is 6.20 Å². The molecule has 0 aromatic carbocycles. The van der Waals surface area contributed by atoms with Gasteiger partial charge in [0.05, 0.1) is 11.8 Å². The molecule has 2 rings (SSSR count). The Bertz CT molecular complexity index is 363. The second-order valence-corrected chi connectivity index (χ2v) is 4.62. The molecule has 0 bridgehead atoms. The van der Waals surface area contributed by atoms with Gasteiger partial charge < -0.3 is 4.90 Å². The first kappa shape index (κ1) is 10.7. The Hall–Kier alpha value is -0.840. The van der Waals surface area contributed by atoms with E-state index in [0.29, 0.717) is 11.5 Å². The third kappa shape index (κ3) is 2.07. The smallest absolute Gasteiger partial charge is 0.257 e. The van der Waals surface area contributed by atoms with Crippen LogP contribution in [-0.4, -0.2) is 39.4 Å². The van der Waals surface area contributed by atoms with Crippen molar-refractivity contribution in [1.82, 2.24) is 15.1 Å². The number of halogens is 1. The maximum absolute atomic E-state index is 12.0. The van der Waals surface area contributed by atoms with Crippen LogP contribution < -0.4 is 0 Å². The molecule has 1 aromatic rings. The average Bonchev–Trinajstić information content (AvgIpc) is 2.84. The Balaban J connectivity index is 2.07. The van der Waals surface area contributed by atoms with Gasteiger partial charge in [-0.15, -0.1) is 0 Å². The molecular formula is C10H14BrN3O. The number of aryl methyl sites for hydroxylation is 1. The minimum absolute atomic E-state index is 0.102. The molecule has 4 nitrogen and oxygen atoms in total. The number of carbonyl (C=O) groups is 1. The Labute approximate surface area is 97.2 Å². The SMILES string of the molecule is Cc1[nH]ncc1C(=O)N1CCC(CBr)C1. The number of aromatic amines is 1. The zero-order valence-electron chi connectivity index (χ0n) is 8.66. The molecular weight excluding hydrogens is 258 g/mol. The maximum atomic E-state index is 12.0. The molecule has 1 saturated heterocycles. The summed E-state index contributed by atoms with van der Waals surface area (Å²) >= 11 is 3.46. The van der Waals surface area contributed by atoms with E-state index < -0.39 is 0 Å². The number of hydrogen-bond acceptors (Lipinski definition) is 2. The van der Waals surface area contributed by atoms with Crippen molar-refractivity contribution in [3.05, 3.63) is 17.5 Å². The number of nitrogens with zero attached hydrogens (tertiary/aromatic N) is 2. The summed E-state index contributed by atoms with van der Waals surface area (Å²) in [4.78, 5) is 13.9. The minimum atomic E-state index is 0.102. The number of carbonyl (C=O) groups excluding carboxylic acids is 1. The van der Waals surface area contributed by atoms with Gasteiger partial charge in [0.2, 0.25) is 0 Å². The molecule has 1 N–H and O–H groups in total. The summed E-state index contributed by atoms with van der Waals surface area (Å²) in [6, 6.07) is 0. The first-order chi connectivity index (χ1) is 7.22. The van der Waals surface area contributed by atoms with Gasteiger partial charge in [0.1, 0.15) is 0 Å². The van der Waals surface area contributed by atoms with E-state index in [2.05, 4.69) is 26.1 Å². The van der Waals surface area contributed by atoms with Crippen molar-refractivity contribution < 1.29 is 4.79 Å². The van der Waals surface area contributed by atoms with Gasteiger partial charge in [0, 0.05) is 24.1 Å². The van der Waals surface area contributed by atoms with Crippen molar-refractivity contribution in [3.63, 3.8) is 0 Å². The fourth-order valence-corrected chi connectivity index (χ4v) is 2.41. The first-order valence-corrected chi connectivity index (χ1v) is 6.19. The summed E-state index contributed by atoms with van der Waals surface area (Å²) in [5.41, 5.74) is 1.55. The quantitative estimate of drug-likeness (QED) is 0.831. The monoisotopic (exact) mass is 271 g/mol. The number of rotatable bonds is 2. The lowest BCUT2D eigenvalue weighted by molar-refractivity contribution is 0.0788. The lowest BCUT2D eigenvalue weighted by Gasteiger charge is -2.15. The van der Waals surface area contributed by atoms with Crippen molar-refractivity contribution in [2.45, 2.75) is 13.3 Å². The molecule has 15 heavy (non-hydrogen) atoms. The molecule has 82 valence electrons. The second-order valence-electron chi connectivity index (χ2n) is 3.97. The van der Waals surface area contributed by atoms with Crippen LogP contribution in [0.25, 0.3) is 0 Å². The molecule has 2 heterocycles. The van der Waals surface area contributed by atoms with Gasteiger partial charge in [-0.2, -0.15) is 5.10 Å². The van der Waals surface area contributed by atoms with E-state index in [9.17, 15) is 4.79 Å². The number of alkyl halides is 1. The summed E-state index contributed by atoms with van der Waals surface area (Å²) in [5, 5.41) is 7.64. The zero-order valence-corrected chi connectivity index (χ0v) is 10.2. The van der Waals surface area contributed by atoms with Crippen LogP contribution in [0.3, 0.4) is 0 Å². The van der Waals surface area contributed by atoms with Crippen molar-refractivity contribution in [1.29, 1.82) is 0 Å². The van der Waals surface area contributed by atoms with Crippen molar-refractivity contribution in [2.75, 3.05) is 18.4 Å². The standard InChI is InChI=1S/C10H14BrN3O/c1-7-9(5-12-13-7)10(15)14-3-2-8(4-11)6-14/h5,8H,2-4,6H2,1H3,(H,12,13). The van der Waals surface area contributed by atoms with E-state index in [1.54, 1.807) is 6.20 Å². The number of likely N-dealkylation sites (tertiary alicyclic amines) is 1. The number of aromatic nitrogens is 2. The highest BCUT2D eigenvalue weighted by atomic mass is 79.9. The Morgan fingerprint density at radius 2 is 2.60 bits per heavy atom. The second kappa shape index (κ2) is 4.35. The third-order valence-electron chi connectivity index (χ3n) is 2.85. The Morgan fingerprint density at radius 3 is 3.13 bits per heavy atom. The van der Waals surface area contributed by atoms with E-state index in [1.807, 2.05) is 11.8 Å². The van der Waals surface area contributed by atoms with Crippen LogP contribution in [-0.2, 0) is 0 Å². The van der Waals surface area contributed by atoms with Crippen molar-refractivity contribution >= 4 is 21.8 Å². The van der Waals surface area contributed by atoms with Crippen LogP contribution in [0.1, 0.15) is 22.5 Å². The van der Waals surface area contributed by atoms with Crippen molar-refractivity contribution in [2.24, 2.45) is 5.92 Å². The molecule has 1 amide bonds. The molecule has 1 unspecified atom stereocenters. The van der Waals surface area contributed by atoms with Gasteiger partial charge in [-0.1, -0.05) is 15.9 Å². The first-order valence-electron chi connectivity index (χ1n) is 5.07. The number of H-pyrrole nitrogens is 1. The van der Waals surface area contributed by atoms with Gasteiger partial charge in [-0.05, 0) is 19.3 Å². The van der Waals surface area contributed by atoms with E-state index >= 15 is 0 Å². The molecule has 5 heteroatoms. The highest BCUT2D eigenvalue weighted by Gasteiger charge is 2.27. The van der Waals surface area contributed by atoms with E-state index in [1.165, 1.54) is 0 Å². The minimum Gasteiger partial charge on any atom is -0.338 e. The predicted molar refractivity (Wildman–Crippen MR) is 61.1 cm³/mol. The van der Waals surface area contributed by atoms with Gasteiger partial charge in [-0.3, -0.25) is 9.89 Å². The van der Waals surface area contributed by atoms with E-state index in [-0.39, 0.29) is 5.91 Å². The molecule has 0 spiro atoms. The summed E-state index contributed by atoms with van der Waals surface area (Å²) in [7, 11) is 0. The highest BCUT2D eigenvalue weighted by Crippen LogP contribution is 2.20. The normalized spacial score (nSPS) is 20.9. The van der Waals surface area contributed by atoms with Gasteiger partial charge >= 0.3 is 0 Å². The largest absolute Gasteiger partial charge is 0.338 e. The topological polar surface area (TPSA) is 49.0 Å². The molecule has 1 aliphatic heterocycles. The van der Waals surface area contributed by atoms with Crippen molar-refractivity contribution in [3.8, 4) is 0 Å². The number of hydrogen-bond donors (Lipinski definition) is 1. The molecule has 1 fully saturated rings. The molecule has 1 aromatic heterocycles. The molecule has 1 aliphatic rings. The summed E-state index contributed by atoms with van der Waals surface area (Å²) in [6.07, 6.45) is 2.70. The van der Waals surface area contributed by atoms with Crippen LogP contribution in [0.2, 0.25) is 0 Å². The van der Waals surface area contributed by atoms with Gasteiger partial charge in [-0.25, -0.2) is 0 Å². The van der Waals surface area contributed by atoms with E-state index in [4.69, 9.17) is 0 Å². The molecule has 0 saturated carbocycles. The fraction of sp³-hybridized carbons (Fsp3) is 0.600. The zero-order chi connectivity index (χ0) is 10.8. The highest BCUT2D eigenvalue weighted by molar-refractivity contribution is 9.09. The van der Waals surface area contributed by atoms with Crippen LogP contribution in [0.5, 0.6) is 0 Å². The third-order valence-corrected chi connectivity index (χ3v) is 3.77. The summed E-state index contributed by atoms with van der Waals surface area (Å²) in [6.45, 7) is 3.59. The van der Waals surface area contributed by atoms with Crippen LogP contribution in [0, 0.1) is 12.8 Å². The lowest BCUT2D eigenvalue weighted by Crippen LogP contribution is -2.29. The maximum Gasteiger partial charge on any atom is 0.257 e. The average molecular weight is 272 g/mol. The number of amides is 1. The predicted octanol–water partition coefficient (Wildman–Crippen LogP) is 1.58. The fourth-order valence-electron chi connectivity index (χ4n) is 1.88. The molecule has 0 aliphatic carbocycles. The molecule has 1 atom stereocenters. The summed E-state index contributed by atoms with van der Waals surface area (Å²) in [5.74, 6) is 0.700. The van der Waals surface area contributed by atoms with Crippen LogP contribution in [0.4, 0.5) is 0 Å². The number of nitrogens with one attached hydrogen (secondary N) is 1. The van der Waals surface area contributed by atoms with Crippen LogP contribution >= 0.6 is 15.9 Å². The summed E-state index contributed by atoms with van der Waals surface area (Å²) < 4.78 is 0. The lowest BCUT2D eigenvalue weighted by atomic mass is 10.2.